The van der Waals surface area contributed by atoms with Crippen molar-refractivity contribution < 1.29 is 24.2 Å². The molecular weight excluding hydrogens is 346 g/mol. The van der Waals surface area contributed by atoms with Crippen molar-refractivity contribution in [2.45, 2.75) is 32.2 Å². The average Bonchev–Trinajstić information content (AvgIpc) is 2.69. The summed E-state index contributed by atoms with van der Waals surface area (Å²) in [5.74, 6) is 0.495. The standard InChI is InChI=1S/C21H25NO5/c1-26-18-12-10-16(11-13-18)21(25)22-15-17-7-4-5-8-19(17)27-14-6-2-3-9-20(23)24/h4-5,7-8,10-13H,2-3,6,9,14-15H2,1H3,(H,22,25)(H,23,24). The first kappa shape index (κ1) is 20.3. The molecule has 144 valence electrons. The summed E-state index contributed by atoms with van der Waals surface area (Å²) in [5, 5.41) is 11.5. The van der Waals surface area contributed by atoms with E-state index in [1.807, 2.05) is 24.3 Å². The molecule has 0 aliphatic carbocycles. The number of carbonyl (C=O) groups is 2. The number of hydrogen-bond acceptors (Lipinski definition) is 4. The van der Waals surface area contributed by atoms with Gasteiger partial charge in [-0.15, -0.1) is 0 Å². The number of para-hydroxylation sites is 1. The minimum atomic E-state index is -0.770. The van der Waals surface area contributed by atoms with E-state index in [9.17, 15) is 9.59 Å². The summed E-state index contributed by atoms with van der Waals surface area (Å²) in [6.07, 6.45) is 2.44. The average molecular weight is 371 g/mol. The van der Waals surface area contributed by atoms with E-state index in [4.69, 9.17) is 14.6 Å². The predicted octanol–water partition coefficient (Wildman–Crippen LogP) is 3.65. The van der Waals surface area contributed by atoms with Crippen LogP contribution in [0.3, 0.4) is 0 Å². The molecule has 6 nitrogen and oxygen atoms in total. The van der Waals surface area contributed by atoms with Gasteiger partial charge in [0.2, 0.25) is 0 Å². The third kappa shape index (κ3) is 7.01. The molecule has 0 aliphatic heterocycles. The number of amides is 1. The zero-order valence-electron chi connectivity index (χ0n) is 15.4. The second kappa shape index (κ2) is 10.9. The minimum absolute atomic E-state index is 0.166. The van der Waals surface area contributed by atoms with Crippen LogP contribution in [0.1, 0.15) is 41.6 Å². The van der Waals surface area contributed by atoms with Crippen molar-refractivity contribution >= 4 is 11.9 Å². The number of carboxylic acids is 1. The summed E-state index contributed by atoms with van der Waals surface area (Å²) >= 11 is 0. The molecular formula is C21H25NO5. The molecule has 2 N–H and O–H groups in total. The maximum absolute atomic E-state index is 12.3. The summed E-state index contributed by atoms with van der Waals surface area (Å²) in [5.41, 5.74) is 1.46. The molecule has 6 heteroatoms. The Bertz CT molecular complexity index is 742. The highest BCUT2D eigenvalue weighted by Gasteiger charge is 2.08. The number of hydrogen-bond donors (Lipinski definition) is 2. The van der Waals surface area contributed by atoms with Gasteiger partial charge in [-0.05, 0) is 49.6 Å². The van der Waals surface area contributed by atoms with Crippen LogP contribution in [0, 0.1) is 0 Å². The Hall–Kier alpha value is -3.02. The van der Waals surface area contributed by atoms with Gasteiger partial charge in [-0.1, -0.05) is 18.2 Å². The van der Waals surface area contributed by atoms with Gasteiger partial charge in [-0.25, -0.2) is 0 Å². The fourth-order valence-electron chi connectivity index (χ4n) is 2.55. The van der Waals surface area contributed by atoms with Gasteiger partial charge in [0.15, 0.2) is 0 Å². The summed E-state index contributed by atoms with van der Waals surface area (Å²) in [7, 11) is 1.58. The lowest BCUT2D eigenvalue weighted by molar-refractivity contribution is -0.137. The topological polar surface area (TPSA) is 84.9 Å². The third-order valence-electron chi connectivity index (χ3n) is 4.06. The van der Waals surface area contributed by atoms with E-state index in [1.54, 1.807) is 31.4 Å². The van der Waals surface area contributed by atoms with Gasteiger partial charge < -0.3 is 19.9 Å². The van der Waals surface area contributed by atoms with Gasteiger partial charge in [0.05, 0.1) is 13.7 Å². The molecule has 1 amide bonds. The van der Waals surface area contributed by atoms with E-state index in [2.05, 4.69) is 5.32 Å². The van der Waals surface area contributed by atoms with Crippen LogP contribution in [-0.2, 0) is 11.3 Å². The molecule has 0 saturated carbocycles. The molecule has 2 aromatic carbocycles. The number of benzene rings is 2. The molecule has 0 fully saturated rings. The molecule has 0 saturated heterocycles. The largest absolute Gasteiger partial charge is 0.497 e. The number of ether oxygens (including phenoxy) is 2. The molecule has 0 heterocycles. The molecule has 2 rings (SSSR count). The van der Waals surface area contributed by atoms with Gasteiger partial charge in [-0.3, -0.25) is 9.59 Å². The summed E-state index contributed by atoms with van der Waals surface area (Å²) < 4.78 is 10.9. The van der Waals surface area contributed by atoms with Crippen LogP contribution in [-0.4, -0.2) is 30.7 Å². The lowest BCUT2D eigenvalue weighted by Gasteiger charge is -2.12. The smallest absolute Gasteiger partial charge is 0.303 e. The van der Waals surface area contributed by atoms with Crippen LogP contribution in [0.4, 0.5) is 0 Å². The molecule has 0 bridgehead atoms. The highest BCUT2D eigenvalue weighted by Crippen LogP contribution is 2.19. The number of carbonyl (C=O) groups excluding carboxylic acids is 1. The number of carboxylic acid groups (broad SMARTS) is 1. The van der Waals surface area contributed by atoms with Crippen molar-refractivity contribution in [2.24, 2.45) is 0 Å². The lowest BCUT2D eigenvalue weighted by atomic mass is 10.1. The Balaban J connectivity index is 1.82. The maximum Gasteiger partial charge on any atom is 0.303 e. The minimum Gasteiger partial charge on any atom is -0.497 e. The van der Waals surface area contributed by atoms with Gasteiger partial charge in [0.25, 0.3) is 5.91 Å². The van der Waals surface area contributed by atoms with Crippen molar-refractivity contribution in [1.82, 2.24) is 5.32 Å². The van der Waals surface area contributed by atoms with E-state index < -0.39 is 5.97 Å². The fourth-order valence-corrected chi connectivity index (χ4v) is 2.55. The van der Waals surface area contributed by atoms with E-state index in [-0.39, 0.29) is 12.3 Å². The molecule has 0 aromatic heterocycles. The Morgan fingerprint density at radius 1 is 1.00 bits per heavy atom. The molecule has 27 heavy (non-hydrogen) atoms. The molecule has 0 radical (unpaired) electrons. The van der Waals surface area contributed by atoms with Crippen LogP contribution < -0.4 is 14.8 Å². The van der Waals surface area contributed by atoms with E-state index in [0.29, 0.717) is 30.9 Å². The van der Waals surface area contributed by atoms with Crippen LogP contribution in [0.15, 0.2) is 48.5 Å². The Kier molecular flexibility index (Phi) is 8.16. The molecule has 0 spiro atoms. The highest BCUT2D eigenvalue weighted by atomic mass is 16.5. The van der Waals surface area contributed by atoms with Gasteiger partial charge >= 0.3 is 5.97 Å². The quantitative estimate of drug-likeness (QED) is 0.589. The van der Waals surface area contributed by atoms with Gasteiger partial charge in [0, 0.05) is 24.1 Å². The van der Waals surface area contributed by atoms with Crippen LogP contribution >= 0.6 is 0 Å². The van der Waals surface area contributed by atoms with Crippen molar-refractivity contribution in [3.05, 3.63) is 59.7 Å². The third-order valence-corrected chi connectivity index (χ3v) is 4.06. The number of nitrogens with one attached hydrogen (secondary N) is 1. The van der Waals surface area contributed by atoms with Crippen LogP contribution in [0.25, 0.3) is 0 Å². The first-order chi connectivity index (χ1) is 13.1. The Morgan fingerprint density at radius 2 is 1.74 bits per heavy atom. The zero-order valence-corrected chi connectivity index (χ0v) is 15.4. The first-order valence-electron chi connectivity index (χ1n) is 8.95. The molecule has 2 aromatic rings. The highest BCUT2D eigenvalue weighted by molar-refractivity contribution is 5.94. The second-order valence-electron chi connectivity index (χ2n) is 6.07. The fraction of sp³-hybridized carbons (Fsp3) is 0.333. The zero-order chi connectivity index (χ0) is 19.5. The number of aliphatic carboxylic acids is 1. The lowest BCUT2D eigenvalue weighted by Crippen LogP contribution is -2.23. The van der Waals surface area contributed by atoms with E-state index in [1.165, 1.54) is 0 Å². The van der Waals surface area contributed by atoms with Crippen LogP contribution in [0.5, 0.6) is 11.5 Å². The SMILES string of the molecule is COc1ccc(C(=O)NCc2ccccc2OCCCCCC(=O)O)cc1. The predicted molar refractivity (Wildman–Crippen MR) is 102 cm³/mol. The van der Waals surface area contributed by atoms with Crippen molar-refractivity contribution in [3.8, 4) is 11.5 Å². The normalized spacial score (nSPS) is 10.3. The number of rotatable bonds is 11. The first-order valence-corrected chi connectivity index (χ1v) is 8.95. The molecule has 0 atom stereocenters. The molecule has 0 unspecified atom stereocenters. The summed E-state index contributed by atoms with van der Waals surface area (Å²) in [4.78, 5) is 22.8. The van der Waals surface area contributed by atoms with Gasteiger partial charge in [0.1, 0.15) is 11.5 Å². The summed E-state index contributed by atoms with van der Waals surface area (Å²) in [6.45, 7) is 0.878. The van der Waals surface area contributed by atoms with Crippen molar-refractivity contribution in [3.63, 3.8) is 0 Å². The Morgan fingerprint density at radius 3 is 2.44 bits per heavy atom. The second-order valence-corrected chi connectivity index (χ2v) is 6.07. The van der Waals surface area contributed by atoms with Gasteiger partial charge in [-0.2, -0.15) is 0 Å². The number of unbranched alkanes of at least 4 members (excludes halogenated alkanes) is 2. The van der Waals surface area contributed by atoms with E-state index >= 15 is 0 Å². The number of methoxy groups -OCH3 is 1. The van der Waals surface area contributed by atoms with Crippen molar-refractivity contribution in [2.75, 3.05) is 13.7 Å². The monoisotopic (exact) mass is 371 g/mol. The summed E-state index contributed by atoms with van der Waals surface area (Å²) in [6, 6.07) is 14.5. The van der Waals surface area contributed by atoms with E-state index in [0.717, 1.165) is 24.2 Å². The Labute approximate surface area is 159 Å². The van der Waals surface area contributed by atoms with Crippen LogP contribution in [0.2, 0.25) is 0 Å². The van der Waals surface area contributed by atoms with Crippen molar-refractivity contribution in [1.29, 1.82) is 0 Å². The maximum atomic E-state index is 12.3. The molecule has 0 aliphatic rings.